The molecule has 0 bridgehead atoms. The van der Waals surface area contributed by atoms with Crippen molar-refractivity contribution < 1.29 is 4.79 Å². The molecule has 0 radical (unpaired) electrons. The molecule has 0 saturated carbocycles. The molecule has 1 atom stereocenters. The lowest BCUT2D eigenvalue weighted by Crippen LogP contribution is -2.48. The molecule has 19 heavy (non-hydrogen) atoms. The number of halogens is 2. The number of benzene rings is 1. The molecule has 3 nitrogen and oxygen atoms in total. The molecule has 1 aromatic carbocycles. The van der Waals surface area contributed by atoms with Gasteiger partial charge >= 0.3 is 0 Å². The molecular weight excluding hydrogens is 283 g/mol. The van der Waals surface area contributed by atoms with Crippen LogP contribution >= 0.6 is 23.2 Å². The van der Waals surface area contributed by atoms with Gasteiger partial charge in [-0.2, -0.15) is 0 Å². The first-order valence-electron chi connectivity index (χ1n) is 6.07. The number of hydrogen-bond donors (Lipinski definition) is 1. The normalized spacial score (nSPS) is 13.2. The lowest BCUT2D eigenvalue weighted by molar-refractivity contribution is -0.134. The van der Waals surface area contributed by atoms with Crippen LogP contribution in [0.25, 0.3) is 0 Å². The summed E-state index contributed by atoms with van der Waals surface area (Å²) in [7, 11) is 1.72. The minimum atomic E-state index is -0.538. The van der Waals surface area contributed by atoms with E-state index in [2.05, 4.69) is 0 Å². The SMILES string of the molecule is CN(Cc1ccc(Cl)cc1Cl)C(=O)[C@H](N)C(C)(C)C. The zero-order valence-electron chi connectivity index (χ0n) is 11.7. The van der Waals surface area contributed by atoms with E-state index in [1.54, 1.807) is 24.1 Å². The molecule has 0 saturated heterocycles. The zero-order valence-corrected chi connectivity index (χ0v) is 13.2. The third kappa shape index (κ3) is 4.37. The summed E-state index contributed by atoms with van der Waals surface area (Å²) >= 11 is 11.9. The average molecular weight is 303 g/mol. The number of likely N-dealkylation sites (N-methyl/N-ethyl adjacent to an activating group) is 1. The average Bonchev–Trinajstić information content (AvgIpc) is 2.29. The Hall–Kier alpha value is -0.770. The Bertz CT molecular complexity index is 469. The van der Waals surface area contributed by atoms with Crippen molar-refractivity contribution in [3.63, 3.8) is 0 Å². The minimum Gasteiger partial charge on any atom is -0.340 e. The van der Waals surface area contributed by atoms with Crippen LogP contribution < -0.4 is 5.73 Å². The van der Waals surface area contributed by atoms with E-state index in [1.807, 2.05) is 26.8 Å². The second kappa shape index (κ2) is 6.12. The van der Waals surface area contributed by atoms with Crippen molar-refractivity contribution in [3.05, 3.63) is 33.8 Å². The molecule has 5 heteroatoms. The monoisotopic (exact) mass is 302 g/mol. The Balaban J connectivity index is 2.79. The van der Waals surface area contributed by atoms with Crippen molar-refractivity contribution in [2.24, 2.45) is 11.1 Å². The molecular formula is C14H20Cl2N2O. The highest BCUT2D eigenvalue weighted by molar-refractivity contribution is 6.35. The summed E-state index contributed by atoms with van der Waals surface area (Å²) in [5.74, 6) is -0.0986. The fraction of sp³-hybridized carbons (Fsp3) is 0.500. The third-order valence-corrected chi connectivity index (χ3v) is 3.58. The Kier molecular flexibility index (Phi) is 5.25. The van der Waals surface area contributed by atoms with Crippen LogP contribution in [0.2, 0.25) is 10.0 Å². The number of rotatable bonds is 3. The molecule has 0 aliphatic carbocycles. The van der Waals surface area contributed by atoms with Crippen molar-refractivity contribution in [3.8, 4) is 0 Å². The van der Waals surface area contributed by atoms with Gasteiger partial charge in [0.2, 0.25) is 5.91 Å². The van der Waals surface area contributed by atoms with Gasteiger partial charge < -0.3 is 10.6 Å². The van der Waals surface area contributed by atoms with Gasteiger partial charge in [-0.3, -0.25) is 4.79 Å². The van der Waals surface area contributed by atoms with Crippen LogP contribution in [0.4, 0.5) is 0 Å². The van der Waals surface area contributed by atoms with Crippen LogP contribution in [-0.4, -0.2) is 23.9 Å². The zero-order chi connectivity index (χ0) is 14.8. The van der Waals surface area contributed by atoms with Crippen LogP contribution in [0, 0.1) is 5.41 Å². The van der Waals surface area contributed by atoms with E-state index in [0.717, 1.165) is 5.56 Å². The molecule has 106 valence electrons. The molecule has 0 heterocycles. The highest BCUT2D eigenvalue weighted by Crippen LogP contribution is 2.23. The highest BCUT2D eigenvalue weighted by atomic mass is 35.5. The Morgan fingerprint density at radius 2 is 1.95 bits per heavy atom. The molecule has 0 aliphatic heterocycles. The summed E-state index contributed by atoms with van der Waals surface area (Å²) in [4.78, 5) is 13.8. The number of carbonyl (C=O) groups excluding carboxylic acids is 1. The van der Waals surface area contributed by atoms with Crippen molar-refractivity contribution in [2.45, 2.75) is 33.4 Å². The summed E-state index contributed by atoms with van der Waals surface area (Å²) in [5.41, 5.74) is 6.55. The van der Waals surface area contributed by atoms with Gasteiger partial charge in [-0.05, 0) is 23.1 Å². The van der Waals surface area contributed by atoms with Gasteiger partial charge in [0.25, 0.3) is 0 Å². The molecule has 1 aromatic rings. The van der Waals surface area contributed by atoms with Crippen LogP contribution in [0.1, 0.15) is 26.3 Å². The molecule has 2 N–H and O–H groups in total. The first-order chi connectivity index (χ1) is 8.62. The summed E-state index contributed by atoms with van der Waals surface area (Å²) in [6.07, 6.45) is 0. The quantitative estimate of drug-likeness (QED) is 0.931. The van der Waals surface area contributed by atoms with E-state index in [-0.39, 0.29) is 11.3 Å². The molecule has 0 spiro atoms. The Labute approximate surface area is 124 Å². The van der Waals surface area contributed by atoms with Gasteiger partial charge in [0.1, 0.15) is 0 Å². The predicted octanol–water partition coefficient (Wildman–Crippen LogP) is 3.33. The fourth-order valence-electron chi connectivity index (χ4n) is 1.59. The number of hydrogen-bond acceptors (Lipinski definition) is 2. The second-order valence-corrected chi connectivity index (χ2v) is 6.62. The van der Waals surface area contributed by atoms with Gasteiger partial charge in [-0.1, -0.05) is 50.0 Å². The maximum atomic E-state index is 12.2. The Morgan fingerprint density at radius 1 is 1.37 bits per heavy atom. The standard InChI is InChI=1S/C14H20Cl2N2O/c1-14(2,3)12(17)13(19)18(4)8-9-5-6-10(15)7-11(9)16/h5-7,12H,8,17H2,1-4H3/t12-/m0/s1. The molecule has 0 unspecified atom stereocenters. The van der Waals surface area contributed by atoms with E-state index in [9.17, 15) is 4.79 Å². The van der Waals surface area contributed by atoms with Gasteiger partial charge in [0, 0.05) is 23.6 Å². The summed E-state index contributed by atoms with van der Waals surface area (Å²) in [6, 6.07) is 4.70. The van der Waals surface area contributed by atoms with Crippen LogP contribution in [0.5, 0.6) is 0 Å². The number of nitrogens with two attached hydrogens (primary N) is 1. The smallest absolute Gasteiger partial charge is 0.240 e. The first kappa shape index (κ1) is 16.3. The van der Waals surface area contributed by atoms with E-state index in [1.165, 1.54) is 0 Å². The van der Waals surface area contributed by atoms with Crippen molar-refractivity contribution >= 4 is 29.1 Å². The van der Waals surface area contributed by atoms with Crippen molar-refractivity contribution in [1.29, 1.82) is 0 Å². The summed E-state index contributed by atoms with van der Waals surface area (Å²) in [6.45, 7) is 6.24. The van der Waals surface area contributed by atoms with Gasteiger partial charge in [-0.15, -0.1) is 0 Å². The van der Waals surface area contributed by atoms with Gasteiger partial charge in [0.15, 0.2) is 0 Å². The summed E-state index contributed by atoms with van der Waals surface area (Å²) < 4.78 is 0. The second-order valence-electron chi connectivity index (χ2n) is 5.77. The third-order valence-electron chi connectivity index (χ3n) is 3.00. The fourth-order valence-corrected chi connectivity index (χ4v) is 2.06. The van der Waals surface area contributed by atoms with E-state index >= 15 is 0 Å². The van der Waals surface area contributed by atoms with E-state index < -0.39 is 6.04 Å². The van der Waals surface area contributed by atoms with Crippen molar-refractivity contribution in [2.75, 3.05) is 7.05 Å². The van der Waals surface area contributed by atoms with Crippen LogP contribution in [-0.2, 0) is 11.3 Å². The van der Waals surface area contributed by atoms with Gasteiger partial charge in [0.05, 0.1) is 6.04 Å². The first-order valence-corrected chi connectivity index (χ1v) is 6.83. The van der Waals surface area contributed by atoms with Gasteiger partial charge in [-0.25, -0.2) is 0 Å². The lowest BCUT2D eigenvalue weighted by atomic mass is 9.86. The Morgan fingerprint density at radius 3 is 2.42 bits per heavy atom. The topological polar surface area (TPSA) is 46.3 Å². The maximum absolute atomic E-state index is 12.2. The largest absolute Gasteiger partial charge is 0.340 e. The van der Waals surface area contributed by atoms with E-state index in [0.29, 0.717) is 16.6 Å². The summed E-state index contributed by atoms with van der Waals surface area (Å²) in [5, 5.41) is 1.13. The number of carbonyl (C=O) groups is 1. The van der Waals surface area contributed by atoms with E-state index in [4.69, 9.17) is 28.9 Å². The molecule has 0 aliphatic rings. The highest BCUT2D eigenvalue weighted by Gasteiger charge is 2.29. The van der Waals surface area contributed by atoms with Crippen LogP contribution in [0.3, 0.4) is 0 Å². The maximum Gasteiger partial charge on any atom is 0.240 e. The molecule has 1 amide bonds. The molecule has 0 fully saturated rings. The number of nitrogens with zero attached hydrogens (tertiary/aromatic N) is 1. The minimum absolute atomic E-state index is 0.0986. The molecule has 1 rings (SSSR count). The number of amides is 1. The predicted molar refractivity (Wildman–Crippen MR) is 80.4 cm³/mol. The van der Waals surface area contributed by atoms with Crippen molar-refractivity contribution in [1.82, 2.24) is 4.90 Å². The van der Waals surface area contributed by atoms with Crippen LogP contribution in [0.15, 0.2) is 18.2 Å². The molecule has 0 aromatic heterocycles. The lowest BCUT2D eigenvalue weighted by Gasteiger charge is -2.30.